The third kappa shape index (κ3) is 4.10. The van der Waals surface area contributed by atoms with Crippen molar-refractivity contribution in [2.45, 2.75) is 18.0 Å². The Morgan fingerprint density at radius 1 is 1.00 bits per heavy atom. The van der Waals surface area contributed by atoms with Crippen LogP contribution in [0.4, 0.5) is 0 Å². The van der Waals surface area contributed by atoms with Crippen LogP contribution in [0.2, 0.25) is 5.02 Å². The van der Waals surface area contributed by atoms with Gasteiger partial charge in [-0.15, -0.1) is 11.3 Å². The van der Waals surface area contributed by atoms with Gasteiger partial charge in [-0.3, -0.25) is 0 Å². The molecule has 26 heavy (non-hydrogen) atoms. The second-order valence-corrected chi connectivity index (χ2v) is 8.94. The van der Waals surface area contributed by atoms with Crippen LogP contribution in [0, 0.1) is 0 Å². The van der Waals surface area contributed by atoms with E-state index in [0.29, 0.717) is 5.75 Å². The zero-order valence-corrected chi connectivity index (χ0v) is 16.5. The van der Waals surface area contributed by atoms with Gasteiger partial charge in [0.05, 0.1) is 12.1 Å². The first-order valence-corrected chi connectivity index (χ1v) is 10.6. The van der Waals surface area contributed by atoms with Gasteiger partial charge in [0.15, 0.2) is 0 Å². The Bertz CT molecular complexity index is 972. The summed E-state index contributed by atoms with van der Waals surface area (Å²) in [5.41, 5.74) is 0.794. The number of thiophene rings is 1. The molecule has 2 aromatic carbocycles. The molecule has 1 aromatic heterocycles. The van der Waals surface area contributed by atoms with E-state index in [0.717, 1.165) is 10.4 Å². The summed E-state index contributed by atoms with van der Waals surface area (Å²) in [5, 5.41) is 2.14. The summed E-state index contributed by atoms with van der Waals surface area (Å²) in [6.45, 7) is 0.457. The molecule has 0 bridgehead atoms. The smallest absolute Gasteiger partial charge is 0.245 e. The normalized spacial score (nSPS) is 11.7. The number of methoxy groups -OCH3 is 1. The molecule has 0 spiro atoms. The predicted octanol–water partition coefficient (Wildman–Crippen LogP) is 4.80. The van der Waals surface area contributed by atoms with Crippen LogP contribution in [0.1, 0.15) is 10.4 Å². The summed E-state index contributed by atoms with van der Waals surface area (Å²) >= 11 is 7.69. The molecule has 0 fully saturated rings. The zero-order chi connectivity index (χ0) is 18.6. The minimum atomic E-state index is -3.78. The molecule has 0 radical (unpaired) electrons. The van der Waals surface area contributed by atoms with Crippen molar-refractivity contribution in [3.63, 3.8) is 0 Å². The predicted molar refractivity (Wildman–Crippen MR) is 105 cm³/mol. The first-order valence-electron chi connectivity index (χ1n) is 7.91. The lowest BCUT2D eigenvalue weighted by molar-refractivity contribution is 0.377. The van der Waals surface area contributed by atoms with Crippen molar-refractivity contribution < 1.29 is 13.2 Å². The second kappa shape index (κ2) is 8.22. The second-order valence-electron chi connectivity index (χ2n) is 5.59. The maximum atomic E-state index is 13.3. The van der Waals surface area contributed by atoms with Crippen molar-refractivity contribution in [3.05, 3.63) is 81.5 Å². The van der Waals surface area contributed by atoms with E-state index in [-0.39, 0.29) is 23.0 Å². The molecular formula is C19H18ClNO3S2. The summed E-state index contributed by atoms with van der Waals surface area (Å²) in [7, 11) is -2.20. The van der Waals surface area contributed by atoms with Crippen molar-refractivity contribution in [1.82, 2.24) is 4.31 Å². The van der Waals surface area contributed by atoms with E-state index in [2.05, 4.69) is 0 Å². The molecule has 1 heterocycles. The Morgan fingerprint density at radius 2 is 1.73 bits per heavy atom. The van der Waals surface area contributed by atoms with Crippen LogP contribution >= 0.6 is 22.9 Å². The molecule has 7 heteroatoms. The van der Waals surface area contributed by atoms with Crippen molar-refractivity contribution in [2.24, 2.45) is 0 Å². The van der Waals surface area contributed by atoms with Crippen LogP contribution in [0.5, 0.6) is 5.75 Å². The number of para-hydroxylation sites is 1. The minimum Gasteiger partial charge on any atom is -0.496 e. The van der Waals surface area contributed by atoms with E-state index < -0.39 is 10.0 Å². The number of benzene rings is 2. The number of ether oxygens (including phenoxy) is 1. The molecule has 0 aliphatic carbocycles. The Hall–Kier alpha value is -1.86. The SMILES string of the molecule is COc1ccccc1CN(Cc1cccs1)S(=O)(=O)c1ccccc1Cl. The third-order valence-corrected chi connectivity index (χ3v) is 7.06. The first-order chi connectivity index (χ1) is 12.5. The van der Waals surface area contributed by atoms with Crippen LogP contribution in [0.25, 0.3) is 0 Å². The lowest BCUT2D eigenvalue weighted by atomic mass is 10.2. The Labute approximate surface area is 162 Å². The zero-order valence-electron chi connectivity index (χ0n) is 14.1. The van der Waals surface area contributed by atoms with Gasteiger partial charge in [-0.25, -0.2) is 8.42 Å². The summed E-state index contributed by atoms with van der Waals surface area (Å²) in [4.78, 5) is 1.06. The van der Waals surface area contributed by atoms with E-state index in [9.17, 15) is 8.42 Å². The monoisotopic (exact) mass is 407 g/mol. The molecule has 3 rings (SSSR count). The average molecular weight is 408 g/mol. The number of hydrogen-bond donors (Lipinski definition) is 0. The molecule has 0 unspecified atom stereocenters. The van der Waals surface area contributed by atoms with Gasteiger partial charge in [-0.2, -0.15) is 4.31 Å². The first kappa shape index (κ1) is 18.9. The summed E-state index contributed by atoms with van der Waals surface area (Å²) < 4.78 is 33.4. The number of rotatable bonds is 7. The molecule has 0 aliphatic rings. The standard InChI is InChI=1S/C19H18ClNO3S2/c1-24-18-10-4-2-7-15(18)13-21(14-16-8-6-12-25-16)26(22,23)19-11-5-3-9-17(19)20/h2-12H,13-14H2,1H3. The fourth-order valence-corrected chi connectivity index (χ4v) is 5.31. The molecule has 0 saturated heterocycles. The van der Waals surface area contributed by atoms with Crippen LogP contribution in [-0.2, 0) is 23.1 Å². The maximum Gasteiger partial charge on any atom is 0.245 e. The molecule has 0 atom stereocenters. The van der Waals surface area contributed by atoms with Crippen molar-refractivity contribution >= 4 is 33.0 Å². The highest BCUT2D eigenvalue weighted by atomic mass is 35.5. The van der Waals surface area contributed by atoms with Crippen LogP contribution in [0.15, 0.2) is 70.9 Å². The molecule has 0 N–H and O–H groups in total. The highest BCUT2D eigenvalue weighted by molar-refractivity contribution is 7.89. The summed E-state index contributed by atoms with van der Waals surface area (Å²) in [5.74, 6) is 0.651. The van der Waals surface area contributed by atoms with Gasteiger partial charge in [0.1, 0.15) is 10.6 Å². The molecule has 0 amide bonds. The van der Waals surface area contributed by atoms with Crippen molar-refractivity contribution in [3.8, 4) is 5.75 Å². The van der Waals surface area contributed by atoms with Crippen LogP contribution in [0.3, 0.4) is 0 Å². The minimum absolute atomic E-state index is 0.105. The average Bonchev–Trinajstić information content (AvgIpc) is 3.15. The Kier molecular flexibility index (Phi) is 5.98. The van der Waals surface area contributed by atoms with E-state index >= 15 is 0 Å². The number of hydrogen-bond acceptors (Lipinski definition) is 4. The lowest BCUT2D eigenvalue weighted by Crippen LogP contribution is -2.30. The molecule has 3 aromatic rings. The van der Waals surface area contributed by atoms with Gasteiger partial charge in [-0.1, -0.05) is 48.0 Å². The Balaban J connectivity index is 2.02. The molecular weight excluding hydrogens is 390 g/mol. The van der Waals surface area contributed by atoms with Gasteiger partial charge in [0.25, 0.3) is 0 Å². The van der Waals surface area contributed by atoms with E-state index in [1.807, 2.05) is 41.8 Å². The van der Waals surface area contributed by atoms with Crippen molar-refractivity contribution in [2.75, 3.05) is 7.11 Å². The fourth-order valence-electron chi connectivity index (χ4n) is 2.62. The Morgan fingerprint density at radius 3 is 2.42 bits per heavy atom. The largest absolute Gasteiger partial charge is 0.496 e. The maximum absolute atomic E-state index is 13.3. The quantitative estimate of drug-likeness (QED) is 0.565. The van der Waals surface area contributed by atoms with Gasteiger partial charge in [0, 0.05) is 23.5 Å². The molecule has 4 nitrogen and oxygen atoms in total. The highest BCUT2D eigenvalue weighted by Crippen LogP contribution is 2.29. The number of sulfonamides is 1. The number of nitrogens with zero attached hydrogens (tertiary/aromatic N) is 1. The van der Waals surface area contributed by atoms with Crippen LogP contribution in [-0.4, -0.2) is 19.8 Å². The molecule has 0 aliphatic heterocycles. The summed E-state index contributed by atoms with van der Waals surface area (Å²) in [6.07, 6.45) is 0. The molecule has 136 valence electrons. The third-order valence-electron chi connectivity index (χ3n) is 3.91. The van der Waals surface area contributed by atoms with Crippen LogP contribution < -0.4 is 4.74 Å². The fraction of sp³-hybridized carbons (Fsp3) is 0.158. The van der Waals surface area contributed by atoms with Gasteiger partial charge < -0.3 is 4.74 Å². The van der Waals surface area contributed by atoms with E-state index in [4.69, 9.17) is 16.3 Å². The highest BCUT2D eigenvalue weighted by Gasteiger charge is 2.28. The number of halogens is 1. The van der Waals surface area contributed by atoms with Crippen molar-refractivity contribution in [1.29, 1.82) is 0 Å². The molecule has 0 saturated carbocycles. The van der Waals surface area contributed by atoms with Gasteiger partial charge in [-0.05, 0) is 29.6 Å². The van der Waals surface area contributed by atoms with Gasteiger partial charge >= 0.3 is 0 Å². The van der Waals surface area contributed by atoms with E-state index in [1.54, 1.807) is 25.3 Å². The topological polar surface area (TPSA) is 46.6 Å². The summed E-state index contributed by atoms with van der Waals surface area (Å²) in [6, 6.07) is 17.7. The van der Waals surface area contributed by atoms with E-state index in [1.165, 1.54) is 21.7 Å². The lowest BCUT2D eigenvalue weighted by Gasteiger charge is -2.23. The van der Waals surface area contributed by atoms with Gasteiger partial charge in [0.2, 0.25) is 10.0 Å².